The lowest BCUT2D eigenvalue weighted by Gasteiger charge is -2.47. The molecule has 2 N–H and O–H groups in total. The fourth-order valence-corrected chi connectivity index (χ4v) is 4.16. The molecule has 114 valence electrons. The maximum atomic E-state index is 10.6. The summed E-state index contributed by atoms with van der Waals surface area (Å²) in [4.78, 5) is 0.586. The Hall–Kier alpha value is -0.590. The van der Waals surface area contributed by atoms with Crippen LogP contribution in [0.2, 0.25) is 0 Å². The predicted octanol–water partition coefficient (Wildman–Crippen LogP) is 3.94. The maximum absolute atomic E-state index is 10.6. The first-order valence-corrected chi connectivity index (χ1v) is 8.60. The highest BCUT2D eigenvalue weighted by molar-refractivity contribution is 8.22. The number of benzene rings is 1. The van der Waals surface area contributed by atoms with Crippen molar-refractivity contribution in [1.29, 1.82) is 0 Å². The summed E-state index contributed by atoms with van der Waals surface area (Å²) in [6, 6.07) is 7.61. The number of hydrogen-bond donors (Lipinski definition) is 2. The molecule has 0 amide bonds. The van der Waals surface area contributed by atoms with Gasteiger partial charge in [0.2, 0.25) is 0 Å². The molecule has 2 rings (SSSR count). The van der Waals surface area contributed by atoms with Crippen LogP contribution in [0.15, 0.2) is 29.2 Å². The van der Waals surface area contributed by atoms with E-state index in [9.17, 15) is 9.11 Å². The average Bonchev–Trinajstić information content (AvgIpc) is 2.37. The standard InChI is InChI=1S/C15H25NO3S/c1-11(2)14-5-7-15(8-6-14)20(17,18)16-9-12(3)19-13(4)10-16/h5-8,11-13,17-18H,9-10H2,1-4H3. The lowest BCUT2D eigenvalue weighted by atomic mass is 10.0. The molecule has 0 saturated carbocycles. The molecule has 1 fully saturated rings. The molecule has 0 radical (unpaired) electrons. The molecule has 1 saturated heterocycles. The molecule has 2 atom stereocenters. The van der Waals surface area contributed by atoms with Gasteiger partial charge < -0.3 is 4.74 Å². The molecular weight excluding hydrogens is 274 g/mol. The third-order valence-electron chi connectivity index (χ3n) is 3.61. The van der Waals surface area contributed by atoms with Crippen LogP contribution in [0, 0.1) is 0 Å². The molecule has 1 aromatic rings. The van der Waals surface area contributed by atoms with E-state index in [-0.39, 0.29) is 12.2 Å². The predicted molar refractivity (Wildman–Crippen MR) is 83.2 cm³/mol. The molecule has 2 unspecified atom stereocenters. The van der Waals surface area contributed by atoms with E-state index in [0.717, 1.165) is 0 Å². The quantitative estimate of drug-likeness (QED) is 0.887. The largest absolute Gasteiger partial charge is 0.373 e. The molecular formula is C15H25NO3S. The molecule has 0 aliphatic carbocycles. The van der Waals surface area contributed by atoms with Crippen molar-refractivity contribution in [2.24, 2.45) is 0 Å². The van der Waals surface area contributed by atoms with Crippen molar-refractivity contribution >= 4 is 10.8 Å². The van der Waals surface area contributed by atoms with Gasteiger partial charge in [0, 0.05) is 13.1 Å². The highest BCUT2D eigenvalue weighted by atomic mass is 32.3. The second-order valence-electron chi connectivity index (χ2n) is 5.85. The van der Waals surface area contributed by atoms with Crippen LogP contribution in [0.1, 0.15) is 39.2 Å². The van der Waals surface area contributed by atoms with Crippen molar-refractivity contribution < 1.29 is 13.8 Å². The molecule has 20 heavy (non-hydrogen) atoms. The Morgan fingerprint density at radius 1 is 1.10 bits per heavy atom. The Bertz CT molecular complexity index is 437. The molecule has 1 heterocycles. The minimum atomic E-state index is -2.92. The summed E-state index contributed by atoms with van der Waals surface area (Å²) in [5.41, 5.74) is 1.20. The van der Waals surface area contributed by atoms with Gasteiger partial charge in [0.1, 0.15) is 0 Å². The second-order valence-corrected chi connectivity index (χ2v) is 7.87. The fraction of sp³-hybridized carbons (Fsp3) is 0.600. The Labute approximate surface area is 123 Å². The van der Waals surface area contributed by atoms with Crippen molar-refractivity contribution in [3.8, 4) is 0 Å². The zero-order valence-electron chi connectivity index (χ0n) is 12.6. The smallest absolute Gasteiger partial charge is 0.0752 e. The van der Waals surface area contributed by atoms with E-state index in [1.165, 1.54) is 5.56 Å². The minimum Gasteiger partial charge on any atom is -0.373 e. The molecule has 1 aliphatic heterocycles. The minimum absolute atomic E-state index is 0.0138. The summed E-state index contributed by atoms with van der Waals surface area (Å²) in [6.07, 6.45) is 0.0275. The van der Waals surface area contributed by atoms with Gasteiger partial charge in [0.05, 0.1) is 17.1 Å². The first-order valence-electron chi connectivity index (χ1n) is 7.09. The van der Waals surface area contributed by atoms with Gasteiger partial charge >= 0.3 is 0 Å². The van der Waals surface area contributed by atoms with E-state index >= 15 is 0 Å². The summed E-state index contributed by atoms with van der Waals surface area (Å²) >= 11 is 0. The second kappa shape index (κ2) is 6.03. The van der Waals surface area contributed by atoms with Crippen LogP contribution in [-0.4, -0.2) is 38.7 Å². The lowest BCUT2D eigenvalue weighted by molar-refractivity contribution is -0.0464. The number of hydrogen-bond acceptors (Lipinski definition) is 4. The Kier molecular flexibility index (Phi) is 4.76. The average molecular weight is 299 g/mol. The topological polar surface area (TPSA) is 52.9 Å². The first kappa shape index (κ1) is 15.8. The van der Waals surface area contributed by atoms with E-state index in [4.69, 9.17) is 4.74 Å². The number of nitrogens with zero attached hydrogens (tertiary/aromatic N) is 1. The van der Waals surface area contributed by atoms with Gasteiger partial charge in [-0.25, -0.2) is 0 Å². The highest BCUT2D eigenvalue weighted by Crippen LogP contribution is 2.52. The van der Waals surface area contributed by atoms with Crippen LogP contribution in [0.25, 0.3) is 0 Å². The van der Waals surface area contributed by atoms with Crippen LogP contribution in [0.3, 0.4) is 0 Å². The van der Waals surface area contributed by atoms with Gasteiger partial charge in [-0.05, 0) is 37.5 Å². The number of morpholine rings is 1. The Balaban J connectivity index is 2.20. The van der Waals surface area contributed by atoms with Crippen molar-refractivity contribution in [3.63, 3.8) is 0 Å². The number of rotatable bonds is 3. The van der Waals surface area contributed by atoms with Gasteiger partial charge in [0.25, 0.3) is 0 Å². The fourth-order valence-electron chi connectivity index (χ4n) is 2.52. The maximum Gasteiger partial charge on any atom is 0.0752 e. The van der Waals surface area contributed by atoms with Crippen LogP contribution in [0.5, 0.6) is 0 Å². The van der Waals surface area contributed by atoms with Crippen LogP contribution < -0.4 is 0 Å². The first-order chi connectivity index (χ1) is 9.30. The van der Waals surface area contributed by atoms with E-state index < -0.39 is 10.8 Å². The molecule has 4 nitrogen and oxygen atoms in total. The number of ether oxygens (including phenoxy) is 1. The van der Waals surface area contributed by atoms with Crippen LogP contribution >= 0.6 is 10.8 Å². The normalized spacial score (nSPS) is 25.9. The zero-order chi connectivity index (χ0) is 14.9. The summed E-state index contributed by atoms with van der Waals surface area (Å²) in [5.74, 6) is 0.439. The van der Waals surface area contributed by atoms with Gasteiger partial charge in [-0.1, -0.05) is 26.0 Å². The summed E-state index contributed by atoms with van der Waals surface area (Å²) in [7, 11) is -2.92. The Morgan fingerprint density at radius 2 is 1.60 bits per heavy atom. The van der Waals surface area contributed by atoms with Gasteiger partial charge in [0.15, 0.2) is 0 Å². The highest BCUT2D eigenvalue weighted by Gasteiger charge is 2.32. The summed E-state index contributed by atoms with van der Waals surface area (Å²) < 4.78 is 28.6. The van der Waals surface area contributed by atoms with Crippen molar-refractivity contribution in [2.75, 3.05) is 13.1 Å². The molecule has 1 aliphatic rings. The zero-order valence-corrected chi connectivity index (χ0v) is 13.4. The SMILES string of the molecule is CC1CN(S(O)(O)c2ccc(C(C)C)cc2)CC(C)O1. The van der Waals surface area contributed by atoms with Crippen LogP contribution in [-0.2, 0) is 4.74 Å². The van der Waals surface area contributed by atoms with Gasteiger partial charge in [-0.15, -0.1) is 10.8 Å². The molecule has 0 bridgehead atoms. The molecule has 1 aromatic carbocycles. The van der Waals surface area contributed by atoms with E-state index in [1.54, 1.807) is 4.31 Å². The van der Waals surface area contributed by atoms with Crippen molar-refractivity contribution in [2.45, 2.75) is 50.7 Å². The lowest BCUT2D eigenvalue weighted by Crippen LogP contribution is -2.46. The monoisotopic (exact) mass is 299 g/mol. The van der Waals surface area contributed by atoms with Gasteiger partial charge in [-0.3, -0.25) is 9.11 Å². The van der Waals surface area contributed by atoms with E-state index in [1.807, 2.05) is 38.1 Å². The molecule has 0 spiro atoms. The summed E-state index contributed by atoms with van der Waals surface area (Å²) in [5, 5.41) is 0. The third-order valence-corrected chi connectivity index (χ3v) is 5.53. The molecule has 5 heteroatoms. The third kappa shape index (κ3) is 3.35. The summed E-state index contributed by atoms with van der Waals surface area (Å²) in [6.45, 7) is 9.24. The molecule has 0 aromatic heterocycles. The Morgan fingerprint density at radius 3 is 2.05 bits per heavy atom. The van der Waals surface area contributed by atoms with Crippen molar-refractivity contribution in [3.05, 3.63) is 29.8 Å². The van der Waals surface area contributed by atoms with Crippen molar-refractivity contribution in [1.82, 2.24) is 4.31 Å². The van der Waals surface area contributed by atoms with Gasteiger partial charge in [-0.2, -0.15) is 4.31 Å². The van der Waals surface area contributed by atoms with Crippen LogP contribution in [0.4, 0.5) is 0 Å². The van der Waals surface area contributed by atoms with E-state index in [2.05, 4.69) is 13.8 Å². The van der Waals surface area contributed by atoms with E-state index in [0.29, 0.717) is 23.9 Å².